The van der Waals surface area contributed by atoms with E-state index in [2.05, 4.69) is 5.32 Å². The SMILES string of the molecule is C/C(=C(\C#N)C(=O)Nc1ccc(C(F)(F)F)cc1F)N(C)C. The van der Waals surface area contributed by atoms with E-state index in [1.807, 2.05) is 0 Å². The van der Waals surface area contributed by atoms with Crippen molar-refractivity contribution in [2.24, 2.45) is 0 Å². The number of carbonyl (C=O) groups excluding carboxylic acids is 1. The van der Waals surface area contributed by atoms with Gasteiger partial charge in [0.1, 0.15) is 17.5 Å². The van der Waals surface area contributed by atoms with Crippen LogP contribution < -0.4 is 5.32 Å². The molecule has 1 aromatic carbocycles. The highest BCUT2D eigenvalue weighted by Crippen LogP contribution is 2.31. The van der Waals surface area contributed by atoms with Gasteiger partial charge in [-0.2, -0.15) is 18.4 Å². The van der Waals surface area contributed by atoms with Crippen molar-refractivity contribution in [2.45, 2.75) is 13.1 Å². The predicted molar refractivity (Wildman–Crippen MR) is 72.0 cm³/mol. The molecular weight excluding hydrogens is 302 g/mol. The Bertz CT molecular complexity index is 657. The van der Waals surface area contributed by atoms with Crippen molar-refractivity contribution in [1.29, 1.82) is 5.26 Å². The number of allylic oxidation sites excluding steroid dienone is 1. The molecule has 1 aromatic rings. The van der Waals surface area contributed by atoms with E-state index >= 15 is 0 Å². The molecule has 0 saturated heterocycles. The number of rotatable bonds is 3. The van der Waals surface area contributed by atoms with Gasteiger partial charge in [-0.05, 0) is 25.1 Å². The van der Waals surface area contributed by atoms with Gasteiger partial charge in [0.05, 0.1) is 11.3 Å². The highest BCUT2D eigenvalue weighted by atomic mass is 19.4. The Hall–Kier alpha value is -2.56. The molecule has 22 heavy (non-hydrogen) atoms. The third kappa shape index (κ3) is 3.97. The van der Waals surface area contributed by atoms with Crippen LogP contribution in [0, 0.1) is 17.1 Å². The zero-order chi connectivity index (χ0) is 17.1. The fraction of sp³-hybridized carbons (Fsp3) is 0.286. The maximum atomic E-state index is 13.6. The van der Waals surface area contributed by atoms with Crippen molar-refractivity contribution in [3.05, 3.63) is 40.8 Å². The molecule has 0 heterocycles. The fourth-order valence-electron chi connectivity index (χ4n) is 1.50. The third-order valence-corrected chi connectivity index (χ3v) is 2.92. The van der Waals surface area contributed by atoms with Crippen LogP contribution in [0.2, 0.25) is 0 Å². The molecule has 0 spiro atoms. The van der Waals surface area contributed by atoms with Crippen LogP contribution in [0.4, 0.5) is 23.2 Å². The Morgan fingerprint density at radius 3 is 2.32 bits per heavy atom. The van der Waals surface area contributed by atoms with Crippen LogP contribution in [0.25, 0.3) is 0 Å². The standard InChI is InChI=1S/C14H13F4N3O/c1-8(21(2)3)10(7-19)13(22)20-12-5-4-9(6-11(12)15)14(16,17)18/h4-6H,1-3H3,(H,20,22)/b10-8-. The van der Waals surface area contributed by atoms with Crippen molar-refractivity contribution in [2.75, 3.05) is 19.4 Å². The summed E-state index contributed by atoms with van der Waals surface area (Å²) in [6, 6.07) is 3.41. The van der Waals surface area contributed by atoms with Gasteiger partial charge in [0, 0.05) is 19.8 Å². The van der Waals surface area contributed by atoms with Crippen LogP contribution in [0.15, 0.2) is 29.5 Å². The van der Waals surface area contributed by atoms with E-state index in [9.17, 15) is 22.4 Å². The van der Waals surface area contributed by atoms with E-state index in [1.54, 1.807) is 20.2 Å². The molecule has 118 valence electrons. The molecular formula is C14H13F4N3O. The smallest absolute Gasteiger partial charge is 0.380 e. The Morgan fingerprint density at radius 1 is 1.32 bits per heavy atom. The first-order valence-corrected chi connectivity index (χ1v) is 6.04. The quantitative estimate of drug-likeness (QED) is 0.529. The second kappa shape index (κ2) is 6.47. The topological polar surface area (TPSA) is 56.1 Å². The Morgan fingerprint density at radius 2 is 1.91 bits per heavy atom. The molecule has 0 aromatic heterocycles. The van der Waals surface area contributed by atoms with E-state index in [-0.39, 0.29) is 11.6 Å². The van der Waals surface area contributed by atoms with Gasteiger partial charge in [-0.15, -0.1) is 0 Å². The van der Waals surface area contributed by atoms with E-state index in [0.717, 1.165) is 6.07 Å². The minimum absolute atomic E-state index is 0.260. The zero-order valence-electron chi connectivity index (χ0n) is 12.0. The summed E-state index contributed by atoms with van der Waals surface area (Å²) in [5, 5.41) is 11.1. The van der Waals surface area contributed by atoms with Gasteiger partial charge in [0.25, 0.3) is 5.91 Å². The lowest BCUT2D eigenvalue weighted by atomic mass is 10.1. The van der Waals surface area contributed by atoms with Crippen LogP contribution in [-0.4, -0.2) is 24.9 Å². The largest absolute Gasteiger partial charge is 0.416 e. The summed E-state index contributed by atoms with van der Waals surface area (Å²) in [6.45, 7) is 1.52. The maximum absolute atomic E-state index is 13.6. The summed E-state index contributed by atoms with van der Waals surface area (Å²) in [6.07, 6.45) is -4.68. The van der Waals surface area contributed by atoms with Crippen molar-refractivity contribution in [3.8, 4) is 6.07 Å². The average Bonchev–Trinajstić information content (AvgIpc) is 2.40. The van der Waals surface area contributed by atoms with Crippen molar-refractivity contribution >= 4 is 11.6 Å². The van der Waals surface area contributed by atoms with Crippen LogP contribution in [-0.2, 0) is 11.0 Å². The number of anilines is 1. The molecule has 1 rings (SSSR count). The molecule has 1 N–H and O–H groups in total. The number of amides is 1. The summed E-state index contributed by atoms with van der Waals surface area (Å²) < 4.78 is 50.9. The van der Waals surface area contributed by atoms with Crippen LogP contribution in [0.5, 0.6) is 0 Å². The maximum Gasteiger partial charge on any atom is 0.416 e. The van der Waals surface area contributed by atoms with Gasteiger partial charge in [0.15, 0.2) is 0 Å². The lowest BCUT2D eigenvalue weighted by molar-refractivity contribution is -0.137. The van der Waals surface area contributed by atoms with Gasteiger partial charge >= 0.3 is 6.18 Å². The number of halogens is 4. The lowest BCUT2D eigenvalue weighted by Gasteiger charge is -2.15. The van der Waals surface area contributed by atoms with E-state index in [4.69, 9.17) is 5.26 Å². The van der Waals surface area contributed by atoms with Gasteiger partial charge in [-0.3, -0.25) is 4.79 Å². The van der Waals surface area contributed by atoms with Gasteiger partial charge in [-0.1, -0.05) is 0 Å². The first kappa shape index (κ1) is 17.5. The van der Waals surface area contributed by atoms with Crippen LogP contribution in [0.3, 0.4) is 0 Å². The van der Waals surface area contributed by atoms with Crippen molar-refractivity contribution in [1.82, 2.24) is 4.90 Å². The number of carbonyl (C=O) groups is 1. The third-order valence-electron chi connectivity index (χ3n) is 2.92. The molecule has 0 aliphatic rings. The van der Waals surface area contributed by atoms with Crippen LogP contribution >= 0.6 is 0 Å². The van der Waals surface area contributed by atoms with Crippen LogP contribution in [0.1, 0.15) is 12.5 Å². The van der Waals surface area contributed by atoms with Crippen molar-refractivity contribution < 1.29 is 22.4 Å². The Labute approximate surface area is 124 Å². The normalized spacial score (nSPS) is 12.3. The molecule has 4 nitrogen and oxygen atoms in total. The molecule has 0 saturated carbocycles. The minimum Gasteiger partial charge on any atom is -0.380 e. The second-order valence-corrected chi connectivity index (χ2v) is 4.61. The number of nitrogens with one attached hydrogen (secondary N) is 1. The lowest BCUT2D eigenvalue weighted by Crippen LogP contribution is -2.20. The molecule has 0 aliphatic carbocycles. The molecule has 8 heteroatoms. The molecule has 0 aliphatic heterocycles. The molecule has 0 bridgehead atoms. The summed E-state index contributed by atoms with van der Waals surface area (Å²) >= 11 is 0. The fourth-order valence-corrected chi connectivity index (χ4v) is 1.50. The van der Waals surface area contributed by atoms with Gasteiger partial charge in [0.2, 0.25) is 0 Å². The molecule has 0 radical (unpaired) electrons. The van der Waals surface area contributed by atoms with Gasteiger partial charge < -0.3 is 10.2 Å². The number of nitriles is 1. The first-order valence-electron chi connectivity index (χ1n) is 6.04. The summed E-state index contributed by atoms with van der Waals surface area (Å²) in [4.78, 5) is 13.4. The monoisotopic (exact) mass is 315 g/mol. The highest BCUT2D eigenvalue weighted by Gasteiger charge is 2.31. The summed E-state index contributed by atoms with van der Waals surface area (Å²) in [5.41, 5.74) is -1.52. The second-order valence-electron chi connectivity index (χ2n) is 4.61. The Kier molecular flexibility index (Phi) is 5.14. The Balaban J connectivity index is 3.09. The summed E-state index contributed by atoms with van der Waals surface area (Å²) in [7, 11) is 3.22. The number of hydrogen-bond acceptors (Lipinski definition) is 3. The molecule has 0 unspecified atom stereocenters. The van der Waals surface area contributed by atoms with E-state index in [0.29, 0.717) is 11.8 Å². The minimum atomic E-state index is -4.68. The first-order chi connectivity index (χ1) is 10.1. The molecule has 0 fully saturated rings. The van der Waals surface area contributed by atoms with Crippen molar-refractivity contribution in [3.63, 3.8) is 0 Å². The number of nitrogens with zero attached hydrogens (tertiary/aromatic N) is 2. The average molecular weight is 315 g/mol. The zero-order valence-corrected chi connectivity index (χ0v) is 12.0. The number of benzene rings is 1. The van der Waals surface area contributed by atoms with E-state index in [1.165, 1.54) is 11.8 Å². The highest BCUT2D eigenvalue weighted by molar-refractivity contribution is 6.07. The van der Waals surface area contributed by atoms with E-state index < -0.39 is 29.2 Å². The molecule has 1 amide bonds. The number of hydrogen-bond donors (Lipinski definition) is 1. The number of alkyl halides is 3. The molecule has 0 atom stereocenters. The van der Waals surface area contributed by atoms with Gasteiger partial charge in [-0.25, -0.2) is 4.39 Å². The summed E-state index contributed by atoms with van der Waals surface area (Å²) in [5.74, 6) is -2.13. The predicted octanol–water partition coefficient (Wildman–Crippen LogP) is 3.14.